The Bertz CT molecular complexity index is 1340. The standard InChI is InChI=1S/C25H26F6NO4PS2/c1-2-3-13-20-37(21-14-7-4-8-15-21,22-16-9-5-10-17-22,23-18-11-6-12-19-23)32(38(33,34)24(26,27)28)39(35,36)25(29,30)31/h4-12,14-19H,2-3,13,20H2,1H3. The molecule has 0 aliphatic heterocycles. The van der Waals surface area contributed by atoms with Crippen LogP contribution in [0.25, 0.3) is 0 Å². The summed E-state index contributed by atoms with van der Waals surface area (Å²) in [7, 11) is -14.4. The molecule has 0 saturated heterocycles. The zero-order valence-corrected chi connectivity index (χ0v) is 23.1. The molecule has 0 radical (unpaired) electrons. The molecule has 0 aliphatic rings. The summed E-state index contributed by atoms with van der Waals surface area (Å²) in [5.41, 5.74) is -12.8. The van der Waals surface area contributed by atoms with Crippen molar-refractivity contribution in [2.75, 3.05) is 6.16 Å². The summed E-state index contributed by atoms with van der Waals surface area (Å²) >= 11 is 0. The molecule has 0 amide bonds. The first-order valence-electron chi connectivity index (χ1n) is 11.7. The third-order valence-electron chi connectivity index (χ3n) is 6.49. The van der Waals surface area contributed by atoms with Crippen molar-refractivity contribution in [3.05, 3.63) is 91.0 Å². The average molecular weight is 614 g/mol. The molecule has 0 fully saturated rings. The topological polar surface area (TPSA) is 71.5 Å². The Morgan fingerprint density at radius 1 is 0.590 bits per heavy atom. The Hall–Kier alpha value is -2.47. The van der Waals surface area contributed by atoms with E-state index in [2.05, 4.69) is 0 Å². The van der Waals surface area contributed by atoms with Gasteiger partial charge in [0.25, 0.3) is 0 Å². The third-order valence-corrected chi connectivity index (χ3v) is 19.3. The molecule has 0 spiro atoms. The molecule has 3 aromatic rings. The van der Waals surface area contributed by atoms with Crippen molar-refractivity contribution in [1.29, 1.82) is 0 Å². The Morgan fingerprint density at radius 3 is 1.15 bits per heavy atom. The van der Waals surface area contributed by atoms with Crippen molar-refractivity contribution in [2.45, 2.75) is 37.2 Å². The number of sulfonamides is 2. The molecule has 3 aromatic carbocycles. The molecule has 0 saturated carbocycles. The second-order valence-corrected chi connectivity index (χ2v) is 18.0. The molecule has 0 aromatic heterocycles. The van der Waals surface area contributed by atoms with Gasteiger partial charge in [0, 0.05) is 0 Å². The molecule has 39 heavy (non-hydrogen) atoms. The van der Waals surface area contributed by atoms with E-state index in [0.29, 0.717) is 6.42 Å². The van der Waals surface area contributed by atoms with Crippen LogP contribution in [0.4, 0.5) is 26.3 Å². The van der Waals surface area contributed by atoms with Crippen LogP contribution in [0.3, 0.4) is 0 Å². The van der Waals surface area contributed by atoms with E-state index in [0.717, 1.165) is 0 Å². The normalized spacial score (nSPS) is 14.6. The van der Waals surface area contributed by atoms with E-state index in [9.17, 15) is 43.2 Å². The zero-order chi connectivity index (χ0) is 29.2. The number of alkyl halides is 6. The van der Waals surface area contributed by atoms with Crippen LogP contribution in [0.2, 0.25) is 0 Å². The quantitative estimate of drug-likeness (QED) is 0.169. The first-order valence-corrected chi connectivity index (χ1v) is 17.0. The van der Waals surface area contributed by atoms with Gasteiger partial charge in [0.15, 0.2) is 0 Å². The van der Waals surface area contributed by atoms with E-state index in [1.807, 2.05) is 0 Å². The zero-order valence-electron chi connectivity index (χ0n) is 20.6. The minimum atomic E-state index is -7.19. The van der Waals surface area contributed by atoms with Gasteiger partial charge in [0.1, 0.15) is 0 Å². The number of rotatable bonds is 10. The molecule has 14 heteroatoms. The summed E-state index contributed by atoms with van der Waals surface area (Å²) < 4.78 is 139. The molecule has 0 unspecified atom stereocenters. The Labute approximate surface area is 223 Å². The number of hydrogen-bond donors (Lipinski definition) is 0. The molecule has 0 aliphatic carbocycles. The summed E-state index contributed by atoms with van der Waals surface area (Å²) in [6.45, 7) is -4.23. The first kappa shape index (κ1) is 31.1. The fourth-order valence-corrected chi connectivity index (χ4v) is 19.0. The van der Waals surface area contributed by atoms with Crippen molar-refractivity contribution in [1.82, 2.24) is 3.48 Å². The van der Waals surface area contributed by atoms with E-state index in [-0.39, 0.29) is 28.8 Å². The predicted molar refractivity (Wildman–Crippen MR) is 141 cm³/mol. The SMILES string of the molecule is CCCCCP(c1ccccc1)(c1ccccc1)(c1ccccc1)N(S(=O)(=O)C(F)(F)F)S(=O)(=O)C(F)(F)F. The summed E-state index contributed by atoms with van der Waals surface area (Å²) in [6.07, 6.45) is 0.0195. The molecular weight excluding hydrogens is 587 g/mol. The maximum atomic E-state index is 14.4. The molecule has 3 rings (SSSR count). The summed E-state index contributed by atoms with van der Waals surface area (Å²) in [4.78, 5) is 0. The maximum absolute atomic E-state index is 14.4. The van der Waals surface area contributed by atoms with E-state index >= 15 is 0 Å². The van der Waals surface area contributed by atoms with Crippen LogP contribution in [-0.2, 0) is 20.0 Å². The van der Waals surface area contributed by atoms with E-state index in [4.69, 9.17) is 0 Å². The van der Waals surface area contributed by atoms with Crippen molar-refractivity contribution in [2.24, 2.45) is 0 Å². The van der Waals surface area contributed by atoms with Gasteiger partial charge in [0.2, 0.25) is 0 Å². The number of hydrogen-bond acceptors (Lipinski definition) is 4. The van der Waals surface area contributed by atoms with Crippen LogP contribution < -0.4 is 15.9 Å². The summed E-state index contributed by atoms with van der Waals surface area (Å²) in [5.74, 6) is 0. The molecule has 5 nitrogen and oxygen atoms in total. The van der Waals surface area contributed by atoms with Gasteiger partial charge in [0.05, 0.1) is 0 Å². The van der Waals surface area contributed by atoms with Crippen molar-refractivity contribution < 1.29 is 43.2 Å². The van der Waals surface area contributed by atoms with Crippen LogP contribution in [-0.4, -0.2) is 37.5 Å². The number of benzene rings is 3. The fraction of sp³-hybridized carbons (Fsp3) is 0.280. The monoisotopic (exact) mass is 613 g/mol. The van der Waals surface area contributed by atoms with Crippen molar-refractivity contribution >= 4 is 42.7 Å². The number of unbranched alkanes of at least 4 members (excludes halogenated alkanes) is 2. The van der Waals surface area contributed by atoms with Crippen LogP contribution >= 0.6 is 6.75 Å². The molecule has 0 heterocycles. The second kappa shape index (κ2) is 10.8. The molecule has 0 N–H and O–H groups in total. The van der Waals surface area contributed by atoms with Gasteiger partial charge in [-0.2, -0.15) is 0 Å². The van der Waals surface area contributed by atoms with Gasteiger partial charge in [-0.15, -0.1) is 0 Å². The predicted octanol–water partition coefficient (Wildman–Crippen LogP) is 5.62. The second-order valence-electron chi connectivity index (χ2n) is 8.77. The average Bonchev–Trinajstić information content (AvgIpc) is 2.88. The Morgan fingerprint density at radius 2 is 0.897 bits per heavy atom. The summed E-state index contributed by atoms with van der Waals surface area (Å²) in [5, 5.41) is -0.840. The fourth-order valence-electron chi connectivity index (χ4n) is 4.90. The first-order chi connectivity index (χ1) is 18.1. The van der Waals surface area contributed by atoms with Gasteiger partial charge < -0.3 is 0 Å². The van der Waals surface area contributed by atoms with E-state index in [1.54, 1.807) is 6.92 Å². The Kier molecular flexibility index (Phi) is 8.63. The molecule has 0 bridgehead atoms. The van der Waals surface area contributed by atoms with Gasteiger partial charge in [-0.05, 0) is 0 Å². The van der Waals surface area contributed by atoms with Crippen molar-refractivity contribution in [3.63, 3.8) is 0 Å². The van der Waals surface area contributed by atoms with Crippen LogP contribution in [0.15, 0.2) is 91.0 Å². The number of nitrogens with zero attached hydrogens (tertiary/aromatic N) is 1. The molecular formula is C25H26F6NO4PS2. The van der Waals surface area contributed by atoms with Crippen LogP contribution in [0.5, 0.6) is 0 Å². The van der Waals surface area contributed by atoms with Crippen LogP contribution in [0, 0.1) is 0 Å². The van der Waals surface area contributed by atoms with Gasteiger partial charge in [-0.1, -0.05) is 0 Å². The van der Waals surface area contributed by atoms with Gasteiger partial charge >= 0.3 is 224 Å². The van der Waals surface area contributed by atoms with E-state index in [1.165, 1.54) is 91.0 Å². The number of halogens is 6. The third kappa shape index (κ3) is 4.87. The van der Waals surface area contributed by atoms with Gasteiger partial charge in [-0.25, -0.2) is 0 Å². The molecule has 214 valence electrons. The van der Waals surface area contributed by atoms with Gasteiger partial charge in [-0.3, -0.25) is 0 Å². The summed E-state index contributed by atoms with van der Waals surface area (Å²) in [6, 6.07) is 19.4. The van der Waals surface area contributed by atoms with E-state index < -0.39 is 47.5 Å². The molecule has 0 atom stereocenters. The van der Waals surface area contributed by atoms with Crippen LogP contribution in [0.1, 0.15) is 26.2 Å². The minimum absolute atomic E-state index is 0.0791. The Balaban J connectivity index is 2.86. The van der Waals surface area contributed by atoms with Crippen molar-refractivity contribution in [3.8, 4) is 0 Å².